The van der Waals surface area contributed by atoms with Gasteiger partial charge in [-0.25, -0.2) is 0 Å². The summed E-state index contributed by atoms with van der Waals surface area (Å²) in [5.74, 6) is 0.649. The van der Waals surface area contributed by atoms with E-state index in [9.17, 15) is 0 Å². The maximum absolute atomic E-state index is 8.96. The molecule has 0 radical (unpaired) electrons. The van der Waals surface area contributed by atoms with Crippen LogP contribution >= 0.6 is 0 Å². The molecule has 0 heterocycles. The Kier molecular flexibility index (Phi) is 3.30. The number of nitrogens with zero attached hydrogens (tertiary/aromatic N) is 1. The van der Waals surface area contributed by atoms with Gasteiger partial charge in [-0.3, -0.25) is 0 Å². The highest BCUT2D eigenvalue weighted by molar-refractivity contribution is 5.78. The number of aryl methyl sites for hydroxylation is 1. The average molecular weight is 187 g/mol. The maximum Gasteiger partial charge on any atom is 0.111 e. The van der Waals surface area contributed by atoms with Crippen molar-refractivity contribution < 1.29 is 4.74 Å². The molecule has 0 bridgehead atoms. The van der Waals surface area contributed by atoms with Crippen molar-refractivity contribution in [3.8, 4) is 6.07 Å². The molecule has 1 rings (SSSR count). The number of allylic oxidation sites excluding steroid dienone is 2. The second kappa shape index (κ2) is 4.48. The lowest BCUT2D eigenvalue weighted by Crippen LogP contribution is -1.89. The van der Waals surface area contributed by atoms with Crippen LogP contribution in [0.25, 0.3) is 5.57 Å². The fourth-order valence-corrected chi connectivity index (χ4v) is 1.17. The van der Waals surface area contributed by atoms with Crippen LogP contribution in [0.5, 0.6) is 0 Å². The highest BCUT2D eigenvalue weighted by Gasteiger charge is 2.04. The van der Waals surface area contributed by atoms with E-state index in [2.05, 4.69) is 6.07 Å². The van der Waals surface area contributed by atoms with Crippen molar-refractivity contribution in [2.45, 2.75) is 13.8 Å². The highest BCUT2D eigenvalue weighted by atomic mass is 16.5. The van der Waals surface area contributed by atoms with E-state index in [1.807, 2.05) is 31.2 Å². The summed E-state index contributed by atoms with van der Waals surface area (Å²) in [5.41, 5.74) is 2.67. The Morgan fingerprint density at radius 2 is 1.86 bits per heavy atom. The van der Waals surface area contributed by atoms with E-state index < -0.39 is 0 Å². The molecule has 0 atom stereocenters. The number of hydrogen-bond acceptors (Lipinski definition) is 2. The molecule has 0 aliphatic carbocycles. The van der Waals surface area contributed by atoms with Gasteiger partial charge in [-0.15, -0.1) is 0 Å². The van der Waals surface area contributed by atoms with Crippen molar-refractivity contribution in [1.29, 1.82) is 5.26 Å². The summed E-state index contributed by atoms with van der Waals surface area (Å²) in [6, 6.07) is 9.96. The lowest BCUT2D eigenvalue weighted by molar-refractivity contribution is 0.296. The second-order valence-electron chi connectivity index (χ2n) is 3.11. The third kappa shape index (κ3) is 2.14. The van der Waals surface area contributed by atoms with Crippen molar-refractivity contribution in [2.75, 3.05) is 7.11 Å². The third-order valence-corrected chi connectivity index (χ3v) is 2.11. The molecule has 0 amide bonds. The highest BCUT2D eigenvalue weighted by Crippen LogP contribution is 2.18. The molecule has 14 heavy (non-hydrogen) atoms. The van der Waals surface area contributed by atoms with Gasteiger partial charge in [0.1, 0.15) is 11.8 Å². The summed E-state index contributed by atoms with van der Waals surface area (Å²) in [7, 11) is 1.57. The average Bonchev–Trinajstić information content (AvgIpc) is 2.21. The van der Waals surface area contributed by atoms with Crippen molar-refractivity contribution in [2.24, 2.45) is 0 Å². The number of benzene rings is 1. The first kappa shape index (κ1) is 10.3. The Bertz CT molecular complexity index is 382. The summed E-state index contributed by atoms with van der Waals surface area (Å²) >= 11 is 0. The van der Waals surface area contributed by atoms with Crippen molar-refractivity contribution in [3.63, 3.8) is 0 Å². The number of ether oxygens (including phenoxy) is 1. The molecule has 0 aliphatic heterocycles. The van der Waals surface area contributed by atoms with E-state index in [1.54, 1.807) is 14.0 Å². The Balaban J connectivity index is 3.16. The minimum atomic E-state index is 0.590. The normalized spacial score (nSPS) is 11.6. The lowest BCUT2D eigenvalue weighted by Gasteiger charge is -2.04. The van der Waals surface area contributed by atoms with Crippen molar-refractivity contribution in [3.05, 3.63) is 41.2 Å². The third-order valence-electron chi connectivity index (χ3n) is 2.11. The van der Waals surface area contributed by atoms with E-state index in [0.717, 1.165) is 5.56 Å². The lowest BCUT2D eigenvalue weighted by atomic mass is 10.0. The summed E-state index contributed by atoms with van der Waals surface area (Å²) in [4.78, 5) is 0. The SMILES string of the molecule is CO/C(C)=C(/C#N)c1ccc(C)cc1. The van der Waals surface area contributed by atoms with Crippen molar-refractivity contribution in [1.82, 2.24) is 0 Å². The van der Waals surface area contributed by atoms with Gasteiger partial charge in [-0.1, -0.05) is 29.8 Å². The second-order valence-corrected chi connectivity index (χ2v) is 3.11. The van der Waals surface area contributed by atoms with Gasteiger partial charge in [-0.2, -0.15) is 5.26 Å². The number of methoxy groups -OCH3 is 1. The molecule has 0 saturated heterocycles. The van der Waals surface area contributed by atoms with Crippen LogP contribution < -0.4 is 0 Å². The molecule has 1 aromatic rings. The maximum atomic E-state index is 8.96. The minimum absolute atomic E-state index is 0.590. The molecular weight excluding hydrogens is 174 g/mol. The van der Waals surface area contributed by atoms with Gasteiger partial charge in [0.15, 0.2) is 0 Å². The van der Waals surface area contributed by atoms with E-state index >= 15 is 0 Å². The Labute approximate surface area is 84.4 Å². The van der Waals surface area contributed by atoms with Gasteiger partial charge in [0.05, 0.1) is 12.7 Å². The van der Waals surface area contributed by atoms with Gasteiger partial charge in [-0.05, 0) is 19.4 Å². The molecule has 0 N–H and O–H groups in total. The Hall–Kier alpha value is -1.75. The molecule has 0 aromatic heterocycles. The minimum Gasteiger partial charge on any atom is -0.500 e. The largest absolute Gasteiger partial charge is 0.500 e. The summed E-state index contributed by atoms with van der Waals surface area (Å²) < 4.78 is 5.04. The van der Waals surface area contributed by atoms with Crippen LogP contribution in [0.1, 0.15) is 18.1 Å². The number of nitriles is 1. The Morgan fingerprint density at radius 1 is 1.29 bits per heavy atom. The molecule has 0 saturated carbocycles. The van der Waals surface area contributed by atoms with Crippen LogP contribution in [0.4, 0.5) is 0 Å². The standard InChI is InChI=1S/C12H13NO/c1-9-4-6-11(7-5-9)12(8-13)10(2)14-3/h4-7H,1-3H3/b12-10-. The zero-order valence-electron chi connectivity index (χ0n) is 8.66. The number of hydrogen-bond donors (Lipinski definition) is 0. The first-order valence-corrected chi connectivity index (χ1v) is 4.41. The monoisotopic (exact) mass is 187 g/mol. The molecule has 1 aromatic carbocycles. The molecule has 0 spiro atoms. The van der Waals surface area contributed by atoms with Crippen LogP contribution in [0.15, 0.2) is 30.0 Å². The number of rotatable bonds is 2. The predicted octanol–water partition coefficient (Wildman–Crippen LogP) is 2.90. The molecule has 2 nitrogen and oxygen atoms in total. The predicted molar refractivity (Wildman–Crippen MR) is 56.4 cm³/mol. The summed E-state index contributed by atoms with van der Waals surface area (Å²) in [5, 5.41) is 8.96. The molecule has 0 fully saturated rings. The van der Waals surface area contributed by atoms with Crippen LogP contribution in [0, 0.1) is 18.3 Å². The fourth-order valence-electron chi connectivity index (χ4n) is 1.17. The van der Waals surface area contributed by atoms with Gasteiger partial charge >= 0.3 is 0 Å². The molecule has 0 aliphatic rings. The van der Waals surface area contributed by atoms with Gasteiger partial charge in [0.2, 0.25) is 0 Å². The smallest absolute Gasteiger partial charge is 0.111 e. The Morgan fingerprint density at radius 3 is 2.29 bits per heavy atom. The fraction of sp³-hybridized carbons (Fsp3) is 0.250. The zero-order chi connectivity index (χ0) is 10.6. The molecule has 2 heteroatoms. The molecular formula is C12H13NO. The first-order valence-electron chi connectivity index (χ1n) is 4.41. The summed E-state index contributed by atoms with van der Waals surface area (Å²) in [6.07, 6.45) is 0. The van der Waals surface area contributed by atoms with Crippen LogP contribution in [-0.2, 0) is 4.74 Å². The van der Waals surface area contributed by atoms with E-state index in [0.29, 0.717) is 11.3 Å². The van der Waals surface area contributed by atoms with Gasteiger partial charge < -0.3 is 4.74 Å². The summed E-state index contributed by atoms with van der Waals surface area (Å²) in [6.45, 7) is 3.81. The topological polar surface area (TPSA) is 33.0 Å². The van der Waals surface area contributed by atoms with Gasteiger partial charge in [0, 0.05) is 0 Å². The van der Waals surface area contributed by atoms with Gasteiger partial charge in [0.25, 0.3) is 0 Å². The van der Waals surface area contributed by atoms with Crippen LogP contribution in [-0.4, -0.2) is 7.11 Å². The quantitative estimate of drug-likeness (QED) is 0.527. The first-order chi connectivity index (χ1) is 6.69. The van der Waals surface area contributed by atoms with Crippen LogP contribution in [0.3, 0.4) is 0 Å². The van der Waals surface area contributed by atoms with E-state index in [4.69, 9.17) is 10.00 Å². The van der Waals surface area contributed by atoms with E-state index in [1.165, 1.54) is 5.56 Å². The molecule has 0 unspecified atom stereocenters. The zero-order valence-corrected chi connectivity index (χ0v) is 8.66. The molecule has 72 valence electrons. The van der Waals surface area contributed by atoms with Crippen LogP contribution in [0.2, 0.25) is 0 Å². The van der Waals surface area contributed by atoms with E-state index in [-0.39, 0.29) is 0 Å². The van der Waals surface area contributed by atoms with Crippen molar-refractivity contribution >= 4 is 5.57 Å².